The number of amides is 1. The molecule has 9 nitrogen and oxygen atoms in total. The second-order valence-corrected chi connectivity index (χ2v) is 9.94. The Balaban J connectivity index is 1.61. The zero-order chi connectivity index (χ0) is 29.1. The molecule has 4 aromatic rings. The number of aliphatic hydroxyl groups is 1. The number of ether oxygens (including phenoxy) is 3. The average molecular weight is 556 g/mol. The number of nitrogens with zero attached hydrogens (tertiary/aromatic N) is 2. The summed E-state index contributed by atoms with van der Waals surface area (Å²) < 4.78 is 16.7. The third-order valence-corrected chi connectivity index (χ3v) is 7.17. The van der Waals surface area contributed by atoms with Gasteiger partial charge in [0.2, 0.25) is 5.95 Å². The summed E-state index contributed by atoms with van der Waals surface area (Å²) in [6, 6.07) is 16.6. The number of carbonyl (C=O) groups excluding carboxylic acids is 2. The molecule has 0 saturated carbocycles. The molecule has 9 heteroatoms. The number of unbranched alkanes of at least 4 members (excludes halogenated alkanes) is 2. The number of hydrogen-bond donors (Lipinski definition) is 2. The number of fused-ring (bicyclic) bond motifs is 1. The molecule has 2 N–H and O–H groups in total. The van der Waals surface area contributed by atoms with Crippen molar-refractivity contribution in [2.45, 2.75) is 39.2 Å². The summed E-state index contributed by atoms with van der Waals surface area (Å²) in [5.41, 5.74) is 3.25. The van der Waals surface area contributed by atoms with Crippen LogP contribution < -0.4 is 19.1 Å². The number of aliphatic hydroxyl groups excluding tert-OH is 1. The number of ketones is 1. The molecule has 0 spiro atoms. The summed E-state index contributed by atoms with van der Waals surface area (Å²) in [5.74, 6) is -0.163. The molecule has 1 atom stereocenters. The van der Waals surface area contributed by atoms with Crippen LogP contribution >= 0.6 is 0 Å². The van der Waals surface area contributed by atoms with Crippen molar-refractivity contribution in [1.82, 2.24) is 9.97 Å². The number of anilines is 1. The molecular weight excluding hydrogens is 522 g/mol. The number of aromatic amines is 1. The zero-order valence-electron chi connectivity index (χ0n) is 23.6. The molecule has 1 fully saturated rings. The van der Waals surface area contributed by atoms with Gasteiger partial charge in [-0.3, -0.25) is 14.5 Å². The highest BCUT2D eigenvalue weighted by Gasteiger charge is 2.48. The van der Waals surface area contributed by atoms with E-state index in [1.54, 1.807) is 42.5 Å². The highest BCUT2D eigenvalue weighted by Crippen LogP contribution is 2.44. The molecule has 1 saturated heterocycles. The normalized spacial score (nSPS) is 16.4. The maximum atomic E-state index is 13.6. The summed E-state index contributed by atoms with van der Waals surface area (Å²) >= 11 is 0. The fraction of sp³-hybridized carbons (Fsp3) is 0.281. The lowest BCUT2D eigenvalue weighted by Gasteiger charge is -2.24. The third kappa shape index (κ3) is 5.35. The van der Waals surface area contributed by atoms with Crippen molar-refractivity contribution in [2.24, 2.45) is 0 Å². The summed E-state index contributed by atoms with van der Waals surface area (Å²) in [4.78, 5) is 36.2. The quantitative estimate of drug-likeness (QED) is 0.105. The Bertz CT molecular complexity index is 1620. The molecule has 1 unspecified atom stereocenters. The minimum atomic E-state index is -0.985. The van der Waals surface area contributed by atoms with Gasteiger partial charge in [-0.1, -0.05) is 31.9 Å². The summed E-state index contributed by atoms with van der Waals surface area (Å²) in [6.45, 7) is 4.68. The van der Waals surface area contributed by atoms with E-state index in [-0.39, 0.29) is 17.3 Å². The van der Waals surface area contributed by atoms with Gasteiger partial charge in [-0.15, -0.1) is 0 Å². The second kappa shape index (κ2) is 11.8. The molecule has 212 valence electrons. The predicted molar refractivity (Wildman–Crippen MR) is 157 cm³/mol. The van der Waals surface area contributed by atoms with Crippen molar-refractivity contribution < 1.29 is 28.9 Å². The molecule has 1 amide bonds. The smallest absolute Gasteiger partial charge is 0.302 e. The standard InChI is InChI=1S/C32H33N3O6/c1-5-6-7-16-41-22-12-9-20(10-13-22)29(36)27-28(21-11-15-25(39-3)26(18-21)40-4)35(31(38)30(27)37)32-33-23-14-8-19(2)17-24(23)34-32/h8-15,17-18,28,36H,5-7,16H2,1-4H3,(H,33,34)/b29-27+. The number of hydrogen-bond acceptors (Lipinski definition) is 7. The summed E-state index contributed by atoms with van der Waals surface area (Å²) in [6.07, 6.45) is 3.14. The Morgan fingerprint density at radius 2 is 1.73 bits per heavy atom. The van der Waals surface area contributed by atoms with Crippen LogP contribution in [0.25, 0.3) is 16.8 Å². The lowest BCUT2D eigenvalue weighted by molar-refractivity contribution is -0.132. The first kappa shape index (κ1) is 27.8. The molecular formula is C32H33N3O6. The van der Waals surface area contributed by atoms with E-state index in [1.165, 1.54) is 19.1 Å². The summed E-state index contributed by atoms with van der Waals surface area (Å²) in [5, 5.41) is 11.5. The molecule has 5 rings (SSSR count). The third-order valence-electron chi connectivity index (χ3n) is 7.17. The number of nitrogens with one attached hydrogen (secondary N) is 1. The van der Waals surface area contributed by atoms with E-state index in [9.17, 15) is 14.7 Å². The molecule has 1 aromatic heterocycles. The van der Waals surface area contributed by atoms with Crippen molar-refractivity contribution in [1.29, 1.82) is 0 Å². The Labute approximate surface area is 238 Å². The van der Waals surface area contributed by atoms with Gasteiger partial charge in [0.1, 0.15) is 11.5 Å². The zero-order valence-corrected chi connectivity index (χ0v) is 23.6. The number of imidazole rings is 1. The minimum absolute atomic E-state index is 0.0597. The van der Waals surface area contributed by atoms with Crippen LogP contribution in [0.2, 0.25) is 0 Å². The number of benzene rings is 3. The van der Waals surface area contributed by atoms with E-state index < -0.39 is 17.7 Å². The topological polar surface area (TPSA) is 114 Å². The van der Waals surface area contributed by atoms with Gasteiger partial charge in [0.15, 0.2) is 11.5 Å². The van der Waals surface area contributed by atoms with Gasteiger partial charge in [-0.2, -0.15) is 0 Å². The highest BCUT2D eigenvalue weighted by molar-refractivity contribution is 6.51. The van der Waals surface area contributed by atoms with E-state index in [4.69, 9.17) is 14.2 Å². The monoisotopic (exact) mass is 555 g/mol. The Morgan fingerprint density at radius 3 is 2.44 bits per heavy atom. The summed E-state index contributed by atoms with van der Waals surface area (Å²) in [7, 11) is 3.03. The fourth-order valence-electron chi connectivity index (χ4n) is 5.02. The Hall–Kier alpha value is -4.79. The maximum absolute atomic E-state index is 13.6. The van der Waals surface area contributed by atoms with Gasteiger partial charge in [-0.25, -0.2) is 4.98 Å². The van der Waals surface area contributed by atoms with Crippen LogP contribution in [-0.4, -0.2) is 47.6 Å². The minimum Gasteiger partial charge on any atom is -0.507 e. The number of rotatable bonds is 10. The molecule has 0 aliphatic carbocycles. The molecule has 3 aromatic carbocycles. The van der Waals surface area contributed by atoms with Gasteiger partial charge < -0.3 is 24.3 Å². The lowest BCUT2D eigenvalue weighted by atomic mass is 9.95. The van der Waals surface area contributed by atoms with Crippen LogP contribution in [0, 0.1) is 6.92 Å². The first-order valence-corrected chi connectivity index (χ1v) is 13.6. The Kier molecular flexibility index (Phi) is 7.96. The van der Waals surface area contributed by atoms with Crippen LogP contribution in [-0.2, 0) is 9.59 Å². The van der Waals surface area contributed by atoms with Crippen LogP contribution in [0.4, 0.5) is 5.95 Å². The van der Waals surface area contributed by atoms with Crippen LogP contribution in [0.1, 0.15) is 48.9 Å². The van der Waals surface area contributed by atoms with Crippen molar-refractivity contribution in [3.63, 3.8) is 0 Å². The molecule has 1 aliphatic heterocycles. The van der Waals surface area contributed by atoms with E-state index in [0.29, 0.717) is 40.5 Å². The van der Waals surface area contributed by atoms with Crippen LogP contribution in [0.15, 0.2) is 66.2 Å². The first-order valence-electron chi connectivity index (χ1n) is 13.6. The van der Waals surface area contributed by atoms with E-state index >= 15 is 0 Å². The second-order valence-electron chi connectivity index (χ2n) is 9.94. The maximum Gasteiger partial charge on any atom is 0.302 e. The fourth-order valence-corrected chi connectivity index (χ4v) is 5.02. The number of aryl methyl sites for hydroxylation is 1. The highest BCUT2D eigenvalue weighted by atomic mass is 16.5. The molecule has 2 heterocycles. The van der Waals surface area contributed by atoms with E-state index in [0.717, 1.165) is 30.3 Å². The first-order chi connectivity index (χ1) is 19.9. The van der Waals surface area contributed by atoms with Gasteiger partial charge >= 0.3 is 5.91 Å². The van der Waals surface area contributed by atoms with Gasteiger partial charge in [0, 0.05) is 5.56 Å². The average Bonchev–Trinajstić information content (AvgIpc) is 3.52. The van der Waals surface area contributed by atoms with Crippen molar-refractivity contribution in [2.75, 3.05) is 25.7 Å². The molecule has 41 heavy (non-hydrogen) atoms. The van der Waals surface area contributed by atoms with Crippen molar-refractivity contribution >= 4 is 34.4 Å². The number of carbonyl (C=O) groups is 2. The van der Waals surface area contributed by atoms with Gasteiger partial charge in [-0.05, 0) is 73.0 Å². The SMILES string of the molecule is CCCCCOc1ccc(/C(O)=C2\C(=O)C(=O)N(c3nc4ccc(C)cc4[nH]3)C2c2ccc(OC)c(OC)c2)cc1. The van der Waals surface area contributed by atoms with Gasteiger partial charge in [0.05, 0.1) is 43.5 Å². The van der Waals surface area contributed by atoms with E-state index in [2.05, 4.69) is 16.9 Å². The van der Waals surface area contributed by atoms with Crippen LogP contribution in [0.3, 0.4) is 0 Å². The molecule has 0 radical (unpaired) electrons. The van der Waals surface area contributed by atoms with Crippen molar-refractivity contribution in [3.05, 3.63) is 82.9 Å². The number of H-pyrrole nitrogens is 1. The van der Waals surface area contributed by atoms with Crippen LogP contribution in [0.5, 0.6) is 17.2 Å². The van der Waals surface area contributed by atoms with Gasteiger partial charge in [0.25, 0.3) is 5.78 Å². The Morgan fingerprint density at radius 1 is 0.976 bits per heavy atom. The number of aromatic nitrogens is 2. The van der Waals surface area contributed by atoms with Crippen molar-refractivity contribution in [3.8, 4) is 17.2 Å². The largest absolute Gasteiger partial charge is 0.507 e. The molecule has 0 bridgehead atoms. The lowest BCUT2D eigenvalue weighted by Crippen LogP contribution is -2.30. The van der Waals surface area contributed by atoms with E-state index in [1.807, 2.05) is 25.1 Å². The number of methoxy groups -OCH3 is 2. The molecule has 1 aliphatic rings. The number of Topliss-reactive ketones (excluding diaryl/α,β-unsaturated/α-hetero) is 1. The predicted octanol–water partition coefficient (Wildman–Crippen LogP) is 6.08.